The Labute approximate surface area is 191 Å². The van der Waals surface area contributed by atoms with Gasteiger partial charge in [-0.05, 0) is 36.8 Å². The zero-order valence-electron chi connectivity index (χ0n) is 16.3. The summed E-state index contributed by atoms with van der Waals surface area (Å²) in [7, 11) is -3.80. The van der Waals surface area contributed by atoms with Crippen molar-refractivity contribution in [1.29, 1.82) is 0 Å². The molecule has 1 unspecified atom stereocenters. The van der Waals surface area contributed by atoms with E-state index >= 15 is 0 Å². The molecule has 2 aromatic carbocycles. The van der Waals surface area contributed by atoms with Crippen molar-refractivity contribution < 1.29 is 13.2 Å². The second-order valence-corrected chi connectivity index (χ2v) is 10.2. The molecular formula is C20H22Cl3N3O3S. The second kappa shape index (κ2) is 9.85. The van der Waals surface area contributed by atoms with Crippen molar-refractivity contribution in [3.8, 4) is 0 Å². The number of amides is 1. The van der Waals surface area contributed by atoms with Crippen LogP contribution in [0.4, 0.5) is 0 Å². The van der Waals surface area contributed by atoms with E-state index in [1.807, 2.05) is 24.0 Å². The van der Waals surface area contributed by atoms with E-state index in [0.717, 1.165) is 5.56 Å². The fraction of sp³-hybridized carbons (Fsp3) is 0.350. The lowest BCUT2D eigenvalue weighted by atomic mass is 10.1. The van der Waals surface area contributed by atoms with Gasteiger partial charge in [0.2, 0.25) is 15.9 Å². The second-order valence-electron chi connectivity index (χ2n) is 7.07. The number of nitrogens with zero attached hydrogens (tertiary/aromatic N) is 2. The standard InChI is InChI=1S/C20H22Cl3N3O3S/c1-14(15-5-7-16(21)8-6-15)24-19(27)13-25-9-11-26(12-10-25)30(28,29)20-17(22)3-2-4-18(20)23/h2-8,14H,9-13H2,1H3,(H,24,27). The van der Waals surface area contributed by atoms with Crippen LogP contribution in [0, 0.1) is 0 Å². The first-order chi connectivity index (χ1) is 14.2. The van der Waals surface area contributed by atoms with E-state index in [1.54, 1.807) is 18.2 Å². The molecule has 1 amide bonds. The zero-order chi connectivity index (χ0) is 21.9. The lowest BCUT2D eigenvalue weighted by Crippen LogP contribution is -2.51. The molecule has 0 aromatic heterocycles. The highest BCUT2D eigenvalue weighted by molar-refractivity contribution is 7.89. The molecular weight excluding hydrogens is 469 g/mol. The lowest BCUT2D eigenvalue weighted by Gasteiger charge is -2.34. The van der Waals surface area contributed by atoms with Gasteiger partial charge in [-0.25, -0.2) is 8.42 Å². The first-order valence-electron chi connectivity index (χ1n) is 9.40. The number of piperazine rings is 1. The minimum absolute atomic E-state index is 0.0729. The Bertz CT molecular complexity index is 987. The van der Waals surface area contributed by atoms with E-state index in [0.29, 0.717) is 18.1 Å². The maximum absolute atomic E-state index is 12.9. The zero-order valence-corrected chi connectivity index (χ0v) is 19.4. The molecule has 1 fully saturated rings. The molecule has 6 nitrogen and oxygen atoms in total. The molecule has 10 heteroatoms. The number of hydrogen-bond acceptors (Lipinski definition) is 4. The topological polar surface area (TPSA) is 69.7 Å². The molecule has 1 N–H and O–H groups in total. The normalized spacial score (nSPS) is 16.9. The van der Waals surface area contributed by atoms with Gasteiger partial charge in [-0.1, -0.05) is 53.0 Å². The van der Waals surface area contributed by atoms with Crippen LogP contribution in [0.1, 0.15) is 18.5 Å². The van der Waals surface area contributed by atoms with Crippen LogP contribution < -0.4 is 5.32 Å². The number of carbonyl (C=O) groups excluding carboxylic acids is 1. The summed E-state index contributed by atoms with van der Waals surface area (Å²) in [6.45, 7) is 3.47. The summed E-state index contributed by atoms with van der Waals surface area (Å²) in [6, 6.07) is 11.8. The summed E-state index contributed by atoms with van der Waals surface area (Å²) in [4.78, 5) is 14.3. The van der Waals surface area contributed by atoms with Gasteiger partial charge in [0, 0.05) is 31.2 Å². The van der Waals surface area contributed by atoms with Crippen LogP contribution in [-0.2, 0) is 14.8 Å². The monoisotopic (exact) mass is 489 g/mol. The maximum Gasteiger partial charge on any atom is 0.246 e. The van der Waals surface area contributed by atoms with Crippen molar-refractivity contribution >= 4 is 50.7 Å². The highest BCUT2D eigenvalue weighted by atomic mass is 35.5. The van der Waals surface area contributed by atoms with Crippen molar-refractivity contribution in [2.45, 2.75) is 17.9 Å². The molecule has 0 aliphatic carbocycles. The summed E-state index contributed by atoms with van der Waals surface area (Å²) in [5.41, 5.74) is 0.959. The molecule has 162 valence electrons. The third-order valence-electron chi connectivity index (χ3n) is 4.96. The number of hydrogen-bond donors (Lipinski definition) is 1. The predicted octanol–water partition coefficient (Wildman–Crippen LogP) is 3.83. The maximum atomic E-state index is 12.9. The van der Waals surface area contributed by atoms with Crippen molar-refractivity contribution in [2.75, 3.05) is 32.7 Å². The van der Waals surface area contributed by atoms with Gasteiger partial charge in [-0.3, -0.25) is 9.69 Å². The molecule has 2 aromatic rings. The molecule has 1 atom stereocenters. The van der Waals surface area contributed by atoms with Gasteiger partial charge >= 0.3 is 0 Å². The largest absolute Gasteiger partial charge is 0.348 e. The fourth-order valence-electron chi connectivity index (χ4n) is 3.31. The summed E-state index contributed by atoms with van der Waals surface area (Å²) in [6.07, 6.45) is 0. The van der Waals surface area contributed by atoms with Crippen molar-refractivity contribution in [3.63, 3.8) is 0 Å². The van der Waals surface area contributed by atoms with Crippen LogP contribution in [0.3, 0.4) is 0 Å². The average Bonchev–Trinajstić information content (AvgIpc) is 2.68. The Hall–Kier alpha value is -1.35. The SMILES string of the molecule is CC(NC(=O)CN1CCN(S(=O)(=O)c2c(Cl)cccc2Cl)CC1)c1ccc(Cl)cc1. The molecule has 1 saturated heterocycles. The third kappa shape index (κ3) is 5.46. The number of benzene rings is 2. The summed E-state index contributed by atoms with van der Waals surface area (Å²) in [5, 5.41) is 3.79. The van der Waals surface area contributed by atoms with Crippen LogP contribution in [0.15, 0.2) is 47.4 Å². The molecule has 3 rings (SSSR count). The molecule has 1 aliphatic rings. The lowest BCUT2D eigenvalue weighted by molar-refractivity contribution is -0.123. The number of halogens is 3. The van der Waals surface area contributed by atoms with Crippen molar-refractivity contribution in [3.05, 3.63) is 63.1 Å². The van der Waals surface area contributed by atoms with Gasteiger partial charge < -0.3 is 5.32 Å². The molecule has 1 aliphatic heterocycles. The Kier molecular flexibility index (Phi) is 7.66. The van der Waals surface area contributed by atoms with Crippen LogP contribution in [0.5, 0.6) is 0 Å². The Morgan fingerprint density at radius 1 is 1.00 bits per heavy atom. The first-order valence-corrected chi connectivity index (χ1v) is 12.0. The van der Waals surface area contributed by atoms with E-state index in [2.05, 4.69) is 5.32 Å². The third-order valence-corrected chi connectivity index (χ3v) is 8.07. The number of rotatable bonds is 6. The van der Waals surface area contributed by atoms with Gasteiger partial charge in [-0.15, -0.1) is 0 Å². The Balaban J connectivity index is 1.55. The molecule has 0 saturated carbocycles. The molecule has 1 heterocycles. The van der Waals surface area contributed by atoms with Crippen molar-refractivity contribution in [2.24, 2.45) is 0 Å². The summed E-state index contributed by atoms with van der Waals surface area (Å²) in [5.74, 6) is -0.122. The van der Waals surface area contributed by atoms with Gasteiger partial charge in [0.05, 0.1) is 22.6 Å². The summed E-state index contributed by atoms with van der Waals surface area (Å²) < 4.78 is 27.2. The highest BCUT2D eigenvalue weighted by Gasteiger charge is 2.32. The minimum atomic E-state index is -3.80. The van der Waals surface area contributed by atoms with Gasteiger partial charge in [0.1, 0.15) is 4.90 Å². The Morgan fingerprint density at radius 3 is 2.13 bits per heavy atom. The van der Waals surface area contributed by atoms with E-state index in [1.165, 1.54) is 16.4 Å². The molecule has 30 heavy (non-hydrogen) atoms. The number of carbonyl (C=O) groups is 1. The van der Waals surface area contributed by atoms with E-state index in [9.17, 15) is 13.2 Å². The van der Waals surface area contributed by atoms with Crippen molar-refractivity contribution in [1.82, 2.24) is 14.5 Å². The number of sulfonamides is 1. The van der Waals surface area contributed by atoms with E-state index in [4.69, 9.17) is 34.8 Å². The van der Waals surface area contributed by atoms with Crippen LogP contribution in [-0.4, -0.2) is 56.3 Å². The predicted molar refractivity (Wildman–Crippen MR) is 120 cm³/mol. The smallest absolute Gasteiger partial charge is 0.246 e. The molecule has 0 spiro atoms. The van der Waals surface area contributed by atoms with Crippen LogP contribution >= 0.6 is 34.8 Å². The average molecular weight is 491 g/mol. The van der Waals surface area contributed by atoms with Gasteiger partial charge in [0.15, 0.2) is 0 Å². The highest BCUT2D eigenvalue weighted by Crippen LogP contribution is 2.31. The molecule has 0 bridgehead atoms. The van der Waals surface area contributed by atoms with Crippen LogP contribution in [0.2, 0.25) is 15.1 Å². The van der Waals surface area contributed by atoms with Gasteiger partial charge in [-0.2, -0.15) is 4.31 Å². The first kappa shape index (κ1) is 23.3. The van der Waals surface area contributed by atoms with Gasteiger partial charge in [0.25, 0.3) is 0 Å². The van der Waals surface area contributed by atoms with E-state index in [-0.39, 0.29) is 46.5 Å². The minimum Gasteiger partial charge on any atom is -0.348 e. The number of nitrogens with one attached hydrogen (secondary N) is 1. The quantitative estimate of drug-likeness (QED) is 0.668. The van der Waals surface area contributed by atoms with Crippen LogP contribution in [0.25, 0.3) is 0 Å². The fourth-order valence-corrected chi connectivity index (χ4v) is 5.95. The molecule has 0 radical (unpaired) electrons. The summed E-state index contributed by atoms with van der Waals surface area (Å²) >= 11 is 18.1. The Morgan fingerprint density at radius 2 is 1.57 bits per heavy atom. The van der Waals surface area contributed by atoms with E-state index < -0.39 is 10.0 Å².